The molecule has 1 heterocycles. The van der Waals surface area contributed by atoms with Gasteiger partial charge in [-0.25, -0.2) is 4.98 Å². The molecule has 0 spiro atoms. The summed E-state index contributed by atoms with van der Waals surface area (Å²) in [7, 11) is 6.58. The molecule has 0 aliphatic heterocycles. The van der Waals surface area contributed by atoms with Crippen LogP contribution in [0, 0.1) is 5.41 Å². The van der Waals surface area contributed by atoms with Crippen molar-refractivity contribution in [2.45, 2.75) is 13.3 Å². The summed E-state index contributed by atoms with van der Waals surface area (Å²) in [6.45, 7) is 3.60. The molecule has 0 saturated heterocycles. The third-order valence-electron chi connectivity index (χ3n) is 4.13. The predicted octanol–water partition coefficient (Wildman–Crippen LogP) is 2.13. The number of para-hydroxylation sites is 2. The number of benzene rings is 2. The van der Waals surface area contributed by atoms with E-state index >= 15 is 0 Å². The fourth-order valence-electron chi connectivity index (χ4n) is 2.78. The molecule has 3 rings (SSSR count). The molecule has 0 fully saturated rings. The van der Waals surface area contributed by atoms with Crippen molar-refractivity contribution in [3.8, 4) is 0 Å². The molecule has 0 unspecified atom stereocenters. The van der Waals surface area contributed by atoms with Gasteiger partial charge in [-0.05, 0) is 12.1 Å². The maximum atomic E-state index is 7.88. The van der Waals surface area contributed by atoms with Crippen LogP contribution in [0.2, 0.25) is 0 Å². The van der Waals surface area contributed by atoms with E-state index in [-0.39, 0.29) is 24.7 Å². The van der Waals surface area contributed by atoms with Crippen LogP contribution in [0.1, 0.15) is 13.3 Å². The van der Waals surface area contributed by atoms with E-state index in [0.717, 1.165) is 47.0 Å². The number of likely N-dealkylation sites (N-methyl/N-ethyl adjacent to an activating group) is 1. The Morgan fingerprint density at radius 2 is 1.50 bits per heavy atom. The Morgan fingerprint density at radius 1 is 1.04 bits per heavy atom. The molecule has 158 valence electrons. The van der Waals surface area contributed by atoms with Gasteiger partial charge in [0.15, 0.2) is 0 Å². The van der Waals surface area contributed by atoms with Gasteiger partial charge in [-0.2, -0.15) is 0 Å². The normalized spacial score (nSPS) is 9.18. The van der Waals surface area contributed by atoms with Gasteiger partial charge in [0, 0.05) is 37.3 Å². The number of hydrogen-bond acceptors (Lipinski definition) is 5. The number of rotatable bonds is 5. The molecule has 2 aromatic carbocycles. The fraction of sp³-hybridized carbons (Fsp3) is 0.263. The minimum absolute atomic E-state index is 0. The molecular weight excluding hydrogens is 578 g/mol. The zero-order valence-corrected chi connectivity index (χ0v) is 19.9. The van der Waals surface area contributed by atoms with Crippen LogP contribution in [0.15, 0.2) is 48.5 Å². The third kappa shape index (κ3) is 6.87. The van der Waals surface area contributed by atoms with E-state index in [4.69, 9.17) is 10.4 Å². The Kier molecular flexibility index (Phi) is 15.0. The van der Waals surface area contributed by atoms with Crippen LogP contribution < -0.4 is 30.0 Å². The van der Waals surface area contributed by atoms with Gasteiger partial charge in [0.1, 0.15) is 0 Å². The van der Waals surface area contributed by atoms with E-state index in [1.165, 1.54) is 0 Å². The monoisotopic (exact) mass is 605 g/mol. The number of aromatic nitrogens is 1. The average Bonchev–Trinajstić information content (AvgIpc) is 2.68. The first-order valence-corrected chi connectivity index (χ1v) is 10.9. The van der Waals surface area contributed by atoms with Crippen molar-refractivity contribution in [1.29, 1.82) is 5.41 Å². The molecule has 8 N–H and O–H groups in total. The van der Waals surface area contributed by atoms with Gasteiger partial charge in [-0.15, -0.1) is 0 Å². The van der Waals surface area contributed by atoms with E-state index in [9.17, 15) is 0 Å². The standard InChI is InChI=1S/C19H22N4.2ClH.2H3N.Pt/c1-3-18(20)23(2)13-12-21-19-14-8-4-6-10-16(14)22-17-11-7-5-9-15(17)19;;;;;/h4-11,20H,3,12-13H2,1-2H3,(H,21,22);2*1H;2*1H3;/q;;;;;+2/p-2. The number of pyridine rings is 1. The summed E-state index contributed by atoms with van der Waals surface area (Å²) in [5.41, 5.74) is 3.13. The predicted molar refractivity (Wildman–Crippen MR) is 114 cm³/mol. The Hall–Kier alpha value is -1.43. The van der Waals surface area contributed by atoms with E-state index in [1.807, 2.05) is 55.3 Å². The summed E-state index contributed by atoms with van der Waals surface area (Å²) < 4.78 is 0. The molecule has 0 radical (unpaired) electrons. The van der Waals surface area contributed by atoms with Crippen molar-refractivity contribution >= 4 is 42.7 Å². The van der Waals surface area contributed by atoms with Crippen LogP contribution in [0.25, 0.3) is 21.8 Å². The molecule has 0 saturated carbocycles. The number of anilines is 1. The molecule has 28 heavy (non-hydrogen) atoms. The summed E-state index contributed by atoms with van der Waals surface area (Å²) in [4.78, 5) is 6.72. The van der Waals surface area contributed by atoms with Crippen LogP contribution in [0.3, 0.4) is 0 Å². The molecule has 0 aliphatic rings. The molecule has 9 heteroatoms. The number of fused-ring (bicyclic) bond motifs is 2. The second kappa shape index (κ2) is 14.5. The first-order valence-electron chi connectivity index (χ1n) is 8.12. The Morgan fingerprint density at radius 3 is 1.96 bits per heavy atom. The topological polar surface area (TPSA) is 122 Å². The molecule has 0 amide bonds. The van der Waals surface area contributed by atoms with E-state index in [1.54, 1.807) is 18.8 Å². The molecule has 0 aliphatic carbocycles. The van der Waals surface area contributed by atoms with Crippen molar-refractivity contribution in [1.82, 2.24) is 22.2 Å². The van der Waals surface area contributed by atoms with Gasteiger partial charge in [0.25, 0.3) is 0 Å². The van der Waals surface area contributed by atoms with Gasteiger partial charge in [-0.1, -0.05) is 43.3 Å². The van der Waals surface area contributed by atoms with Gasteiger partial charge >= 0.3 is 28.2 Å². The van der Waals surface area contributed by atoms with Crippen LogP contribution in [-0.2, 0) is 18.8 Å². The zero-order chi connectivity index (χ0) is 18.2. The number of halogens is 2. The van der Waals surface area contributed by atoms with E-state index in [2.05, 4.69) is 26.9 Å². The van der Waals surface area contributed by atoms with Crippen molar-refractivity contribution in [2.75, 3.05) is 25.5 Å². The third-order valence-corrected chi connectivity index (χ3v) is 4.13. The van der Waals surface area contributed by atoms with Crippen molar-refractivity contribution < 1.29 is 31.2 Å². The van der Waals surface area contributed by atoms with Crippen LogP contribution in [0.4, 0.5) is 5.69 Å². The van der Waals surface area contributed by atoms with Gasteiger partial charge < -0.3 is 34.9 Å². The molecule has 3 aromatic rings. The molecule has 1 aromatic heterocycles. The second-order valence-electron chi connectivity index (χ2n) is 5.67. The fourth-order valence-corrected chi connectivity index (χ4v) is 2.78. The summed E-state index contributed by atoms with van der Waals surface area (Å²) in [6.07, 6.45) is 0.762. The number of amidine groups is 1. The molecule has 0 atom stereocenters. The first-order chi connectivity index (χ1) is 12.2. The van der Waals surface area contributed by atoms with Gasteiger partial charge in [0.05, 0.1) is 22.6 Å². The molecular formula is C19H28Cl2N6Pt. The molecule has 0 bridgehead atoms. The number of nitrogens with one attached hydrogen (secondary N) is 2. The Labute approximate surface area is 188 Å². The van der Waals surface area contributed by atoms with Crippen LogP contribution >= 0.6 is 9.42 Å². The van der Waals surface area contributed by atoms with Crippen molar-refractivity contribution in [3.05, 3.63) is 48.5 Å². The maximum absolute atomic E-state index is 7.88. The second-order valence-corrected chi connectivity index (χ2v) is 5.67. The zero-order valence-electron chi connectivity index (χ0n) is 16.1. The SMILES string of the molecule is CCC(=N)N(C)CCNc1c2ccccc2nc2ccccc12.N.N.[Cl-].[Cl][Pt+]. The number of hydrogen-bond donors (Lipinski definition) is 4. The Balaban J connectivity index is 0. The van der Waals surface area contributed by atoms with Gasteiger partial charge in [-0.3, -0.25) is 5.41 Å². The van der Waals surface area contributed by atoms with Crippen molar-refractivity contribution in [3.63, 3.8) is 0 Å². The van der Waals surface area contributed by atoms with E-state index in [0.29, 0.717) is 5.84 Å². The first kappa shape index (κ1) is 28.8. The van der Waals surface area contributed by atoms with E-state index < -0.39 is 0 Å². The summed E-state index contributed by atoms with van der Waals surface area (Å²) >= 11 is 1.61. The number of nitrogens with zero attached hydrogens (tertiary/aromatic N) is 2. The summed E-state index contributed by atoms with van der Waals surface area (Å²) in [5.74, 6) is 0.663. The summed E-state index contributed by atoms with van der Waals surface area (Å²) in [6, 6.07) is 16.4. The van der Waals surface area contributed by atoms with Crippen LogP contribution in [-0.4, -0.2) is 35.9 Å². The average molecular weight is 606 g/mol. The van der Waals surface area contributed by atoms with Crippen molar-refractivity contribution in [2.24, 2.45) is 0 Å². The van der Waals surface area contributed by atoms with Gasteiger partial charge in [0.2, 0.25) is 0 Å². The Bertz CT molecular complexity index is 808. The quantitative estimate of drug-likeness (QED) is 0.202. The summed E-state index contributed by atoms with van der Waals surface area (Å²) in [5, 5.41) is 13.7. The molecule has 6 nitrogen and oxygen atoms in total. The minimum atomic E-state index is 0. The van der Waals surface area contributed by atoms with Crippen LogP contribution in [0.5, 0.6) is 0 Å².